The van der Waals surface area contributed by atoms with Crippen LogP contribution in [0.1, 0.15) is 49.1 Å². The molecule has 6 rings (SSSR count). The van der Waals surface area contributed by atoms with Gasteiger partial charge in [0.15, 0.2) is 5.83 Å². The van der Waals surface area contributed by atoms with Gasteiger partial charge in [0.2, 0.25) is 5.88 Å². The minimum atomic E-state index is -0.956. The number of anilines is 2. The molecule has 1 amide bonds. The van der Waals surface area contributed by atoms with Gasteiger partial charge in [0.05, 0.1) is 35.3 Å². The Morgan fingerprint density at radius 2 is 1.91 bits per heavy atom. The molecule has 3 aromatic rings. The lowest BCUT2D eigenvalue weighted by atomic mass is 9.95. The van der Waals surface area contributed by atoms with Gasteiger partial charge in [0, 0.05) is 55.8 Å². The summed E-state index contributed by atoms with van der Waals surface area (Å²) in [6, 6.07) is 6.38. The number of carbonyl (C=O) groups is 1. The van der Waals surface area contributed by atoms with Crippen LogP contribution in [0.5, 0.6) is 5.88 Å². The molecule has 0 unspecified atom stereocenters. The molecule has 3 atom stereocenters. The quantitative estimate of drug-likeness (QED) is 0.391. The average molecular weight is 601 g/mol. The van der Waals surface area contributed by atoms with E-state index in [4.69, 9.17) is 9.72 Å². The Balaban J connectivity index is 1.41. The number of hydrogen-bond donors (Lipinski definition) is 0. The number of hydrogen-bond acceptors (Lipinski definition) is 8. The molecule has 2 fully saturated rings. The van der Waals surface area contributed by atoms with Crippen molar-refractivity contribution in [3.05, 3.63) is 53.1 Å². The number of piperazine rings is 1. The van der Waals surface area contributed by atoms with E-state index in [1.165, 1.54) is 0 Å². The Hall–Kier alpha value is -4.17. The van der Waals surface area contributed by atoms with E-state index >= 15 is 0 Å². The third kappa shape index (κ3) is 5.15. The zero-order chi connectivity index (χ0) is 31.3. The zero-order valence-electron chi connectivity index (χ0n) is 26.3. The van der Waals surface area contributed by atoms with Crippen LogP contribution in [0.4, 0.5) is 15.8 Å². The van der Waals surface area contributed by atoms with Crippen molar-refractivity contribution in [2.45, 2.75) is 64.7 Å². The molecule has 5 heterocycles. The van der Waals surface area contributed by atoms with E-state index in [0.717, 1.165) is 65.0 Å². The summed E-state index contributed by atoms with van der Waals surface area (Å²) in [5, 5.41) is 16.2. The number of halogens is 1. The summed E-state index contributed by atoms with van der Waals surface area (Å²) in [6.07, 6.45) is 4.75. The number of fused-ring (bicyclic) bond motifs is 2. The number of aryl methyl sites for hydroxylation is 2. The molecule has 11 heteroatoms. The van der Waals surface area contributed by atoms with E-state index in [1.54, 1.807) is 4.90 Å². The summed E-state index contributed by atoms with van der Waals surface area (Å²) >= 11 is 0. The first-order chi connectivity index (χ1) is 21.1. The number of rotatable bonds is 6. The molecule has 2 saturated heterocycles. The van der Waals surface area contributed by atoms with Crippen LogP contribution < -0.4 is 14.5 Å². The van der Waals surface area contributed by atoms with Crippen molar-refractivity contribution < 1.29 is 13.9 Å². The van der Waals surface area contributed by atoms with Gasteiger partial charge >= 0.3 is 0 Å². The van der Waals surface area contributed by atoms with E-state index in [0.29, 0.717) is 44.1 Å². The van der Waals surface area contributed by atoms with Crippen LogP contribution >= 0.6 is 0 Å². The normalized spacial score (nSPS) is 22.3. The molecular weight excluding hydrogens is 559 g/mol. The molecule has 3 aliphatic heterocycles. The molecule has 3 aliphatic rings. The minimum Gasteiger partial charge on any atom is -0.475 e. The van der Waals surface area contributed by atoms with Gasteiger partial charge in [-0.15, -0.1) is 0 Å². The van der Waals surface area contributed by atoms with Gasteiger partial charge in [-0.05, 0) is 59.2 Å². The third-order valence-corrected chi connectivity index (χ3v) is 9.59. The van der Waals surface area contributed by atoms with Crippen LogP contribution in [0.15, 0.2) is 30.7 Å². The monoisotopic (exact) mass is 600 g/mol. The summed E-state index contributed by atoms with van der Waals surface area (Å²) in [7, 11) is 4.07. The van der Waals surface area contributed by atoms with Crippen LogP contribution in [0.3, 0.4) is 0 Å². The summed E-state index contributed by atoms with van der Waals surface area (Å²) in [5.74, 6) is -1.28. The molecule has 0 N–H and O–H groups in total. The van der Waals surface area contributed by atoms with Crippen molar-refractivity contribution in [2.24, 2.45) is 7.05 Å². The molecule has 0 saturated carbocycles. The fourth-order valence-electron chi connectivity index (χ4n) is 7.44. The highest BCUT2D eigenvalue weighted by atomic mass is 19.1. The first-order valence-electron chi connectivity index (χ1n) is 15.5. The lowest BCUT2D eigenvalue weighted by molar-refractivity contribution is -0.133. The molecule has 0 aliphatic carbocycles. The Bertz CT molecular complexity index is 1650. The maximum atomic E-state index is 13.9. The highest BCUT2D eigenvalue weighted by Crippen LogP contribution is 2.40. The second-order valence-corrected chi connectivity index (χ2v) is 12.6. The summed E-state index contributed by atoms with van der Waals surface area (Å²) in [5.41, 5.74) is 6.56. The number of nitrogens with zero attached hydrogens (tertiary/aromatic N) is 8. The van der Waals surface area contributed by atoms with E-state index < -0.39 is 11.7 Å². The van der Waals surface area contributed by atoms with E-state index in [2.05, 4.69) is 58.6 Å². The van der Waals surface area contributed by atoms with Crippen LogP contribution in [0, 0.1) is 18.3 Å². The second-order valence-electron chi connectivity index (χ2n) is 12.6. The Morgan fingerprint density at radius 3 is 2.57 bits per heavy atom. The van der Waals surface area contributed by atoms with Crippen molar-refractivity contribution in [1.82, 2.24) is 24.6 Å². The number of likely N-dealkylation sites (tertiary alicyclic amines) is 1. The van der Waals surface area contributed by atoms with E-state index in [-0.39, 0.29) is 18.1 Å². The smallest absolute Gasteiger partial charge is 0.282 e. The first kappa shape index (κ1) is 29.9. The molecule has 44 heavy (non-hydrogen) atoms. The van der Waals surface area contributed by atoms with Crippen LogP contribution in [-0.4, -0.2) is 88.4 Å². The summed E-state index contributed by atoms with van der Waals surface area (Å²) < 4.78 is 22.2. The predicted molar refractivity (Wildman–Crippen MR) is 169 cm³/mol. The van der Waals surface area contributed by atoms with Gasteiger partial charge < -0.3 is 24.3 Å². The maximum Gasteiger partial charge on any atom is 0.282 e. The molecule has 1 aromatic carbocycles. The van der Waals surface area contributed by atoms with Gasteiger partial charge in [0.25, 0.3) is 5.91 Å². The van der Waals surface area contributed by atoms with Gasteiger partial charge in [-0.2, -0.15) is 10.4 Å². The van der Waals surface area contributed by atoms with Crippen molar-refractivity contribution >= 4 is 28.2 Å². The van der Waals surface area contributed by atoms with Crippen LogP contribution in [0.2, 0.25) is 0 Å². The lowest BCUT2D eigenvalue weighted by Crippen LogP contribution is -2.59. The molecule has 232 valence electrons. The maximum absolute atomic E-state index is 13.9. The second kappa shape index (κ2) is 11.7. The number of likely N-dealkylation sites (N-methyl/N-ethyl adjacent to an activating group) is 1. The Labute approximate surface area is 258 Å². The lowest BCUT2D eigenvalue weighted by Gasteiger charge is -2.46. The Morgan fingerprint density at radius 1 is 1.16 bits per heavy atom. The minimum absolute atomic E-state index is 0.271. The zero-order valence-corrected chi connectivity index (χ0v) is 26.3. The van der Waals surface area contributed by atoms with Crippen molar-refractivity contribution in [3.8, 4) is 11.9 Å². The van der Waals surface area contributed by atoms with E-state index in [1.807, 2.05) is 31.8 Å². The number of amides is 1. The molecule has 2 aromatic heterocycles. The average Bonchev–Trinajstić information content (AvgIpc) is 3.58. The number of aromatic nitrogens is 3. The standard InChI is InChI=1S/C33H41FN8O2/c1-20-9-10-24-15-36-39(6)30(24)29(20)40-13-11-26-28(18-40)37-32(44-19-25-8-7-12-38(25)5)27(14-35)31(26)41-16-21(2)42(22(3)17-41)33(43)23(4)34/h9-10,15,21-22,25H,4,7-8,11-13,16-19H2,1-3,5-6H3/t21-,22+,25-/m0/s1. The molecular formula is C33H41FN8O2. The summed E-state index contributed by atoms with van der Waals surface area (Å²) in [4.78, 5) is 26.1. The number of pyridine rings is 1. The summed E-state index contributed by atoms with van der Waals surface area (Å²) in [6.45, 7) is 12.9. The topological polar surface area (TPSA) is 93.8 Å². The Kier molecular flexibility index (Phi) is 7.97. The SMILES string of the molecule is C=C(F)C(=O)N1[C@H](C)CN(c2c(C#N)c(OC[C@@H]3CCCN3C)nc3c2CCN(c2c(C)ccc4cnn(C)c24)C3)C[C@@H]1C. The van der Waals surface area contributed by atoms with Crippen LogP contribution in [-0.2, 0) is 24.8 Å². The fraction of sp³-hybridized carbons (Fsp3) is 0.515. The van der Waals surface area contributed by atoms with Crippen LogP contribution in [0.25, 0.3) is 10.9 Å². The van der Waals surface area contributed by atoms with Gasteiger partial charge in [-0.1, -0.05) is 18.7 Å². The third-order valence-electron chi connectivity index (χ3n) is 9.59. The van der Waals surface area contributed by atoms with Gasteiger partial charge in [-0.3, -0.25) is 9.48 Å². The number of nitriles is 1. The van der Waals surface area contributed by atoms with Gasteiger partial charge in [-0.25, -0.2) is 9.37 Å². The van der Waals surface area contributed by atoms with E-state index in [9.17, 15) is 14.4 Å². The highest BCUT2D eigenvalue weighted by molar-refractivity contribution is 5.93. The van der Waals surface area contributed by atoms with Crippen molar-refractivity contribution in [3.63, 3.8) is 0 Å². The largest absolute Gasteiger partial charge is 0.475 e. The number of carbonyl (C=O) groups excluding carboxylic acids is 1. The highest BCUT2D eigenvalue weighted by Gasteiger charge is 2.38. The number of ether oxygens (including phenoxy) is 1. The first-order valence-corrected chi connectivity index (χ1v) is 15.5. The molecule has 0 radical (unpaired) electrons. The van der Waals surface area contributed by atoms with Crippen molar-refractivity contribution in [1.29, 1.82) is 5.26 Å². The number of benzene rings is 1. The molecule has 0 bridgehead atoms. The van der Waals surface area contributed by atoms with Gasteiger partial charge in [0.1, 0.15) is 18.2 Å². The molecule has 0 spiro atoms. The molecule has 10 nitrogen and oxygen atoms in total. The fourth-order valence-corrected chi connectivity index (χ4v) is 7.44. The predicted octanol–water partition coefficient (Wildman–Crippen LogP) is 4.09. The van der Waals surface area contributed by atoms with Crippen molar-refractivity contribution in [2.75, 3.05) is 49.6 Å².